The maximum absolute atomic E-state index is 10.2. The molecule has 0 rings (SSSR count). The van der Waals surface area contributed by atoms with Crippen molar-refractivity contribution in [1.29, 1.82) is 0 Å². The van der Waals surface area contributed by atoms with Crippen molar-refractivity contribution in [3.63, 3.8) is 0 Å². The summed E-state index contributed by atoms with van der Waals surface area (Å²) in [6, 6.07) is -0.178. The number of aliphatic carboxylic acids is 1. The van der Waals surface area contributed by atoms with E-state index in [1.807, 2.05) is 0 Å². The lowest BCUT2D eigenvalue weighted by Gasteiger charge is -2.13. The lowest BCUT2D eigenvalue weighted by atomic mass is 9.98. The van der Waals surface area contributed by atoms with Gasteiger partial charge in [-0.3, -0.25) is 4.79 Å². The van der Waals surface area contributed by atoms with Gasteiger partial charge in [0.1, 0.15) is 0 Å². The summed E-state index contributed by atoms with van der Waals surface area (Å²) < 4.78 is 0. The van der Waals surface area contributed by atoms with Crippen LogP contribution in [-0.4, -0.2) is 17.1 Å². The molecule has 0 spiro atoms. The Morgan fingerprint density at radius 2 is 2.08 bits per heavy atom. The molecule has 0 fully saturated rings. The lowest BCUT2D eigenvalue weighted by molar-refractivity contribution is -0.137. The molecule has 74 valence electrons. The van der Waals surface area contributed by atoms with Crippen LogP contribution >= 0.6 is 12.4 Å². The second-order valence-corrected chi connectivity index (χ2v) is 3.11. The highest BCUT2D eigenvalue weighted by atomic mass is 35.5. The molecule has 12 heavy (non-hydrogen) atoms. The predicted molar refractivity (Wildman–Crippen MR) is 51.5 cm³/mol. The van der Waals surface area contributed by atoms with E-state index in [4.69, 9.17) is 10.8 Å². The Morgan fingerprint density at radius 3 is 2.42 bits per heavy atom. The predicted octanol–water partition coefficient (Wildman–Crippen LogP) is 1.65. The van der Waals surface area contributed by atoms with E-state index in [0.29, 0.717) is 5.92 Å². The first-order valence-corrected chi connectivity index (χ1v) is 4.03. The van der Waals surface area contributed by atoms with Crippen LogP contribution in [-0.2, 0) is 4.79 Å². The van der Waals surface area contributed by atoms with Gasteiger partial charge >= 0.3 is 5.97 Å². The third-order valence-corrected chi connectivity index (χ3v) is 1.84. The Hall–Kier alpha value is -0.280. The molecule has 0 saturated heterocycles. The van der Waals surface area contributed by atoms with Crippen LogP contribution in [0.2, 0.25) is 0 Å². The van der Waals surface area contributed by atoms with Crippen molar-refractivity contribution in [3.05, 3.63) is 0 Å². The number of halogens is 1. The summed E-state index contributed by atoms with van der Waals surface area (Å²) in [7, 11) is 0. The van der Waals surface area contributed by atoms with Crippen LogP contribution in [0.4, 0.5) is 0 Å². The molecule has 4 heteroatoms. The van der Waals surface area contributed by atoms with Gasteiger partial charge in [0.05, 0.1) is 6.42 Å². The molecule has 0 aliphatic carbocycles. The Labute approximate surface area is 79.7 Å². The Balaban J connectivity index is 0. The molecule has 0 aliphatic rings. The monoisotopic (exact) mass is 195 g/mol. The maximum atomic E-state index is 10.2. The minimum absolute atomic E-state index is 0. The van der Waals surface area contributed by atoms with Crippen LogP contribution in [0.5, 0.6) is 0 Å². The van der Waals surface area contributed by atoms with Gasteiger partial charge in [-0.2, -0.15) is 0 Å². The fourth-order valence-electron chi connectivity index (χ4n) is 0.991. The SMILES string of the molecule is CC[C@@H](C)C[C@H](N)CC(=O)O.Cl. The van der Waals surface area contributed by atoms with Crippen LogP contribution in [0, 0.1) is 5.92 Å². The number of rotatable bonds is 5. The number of hydrogen-bond donors (Lipinski definition) is 2. The smallest absolute Gasteiger partial charge is 0.304 e. The molecular weight excluding hydrogens is 178 g/mol. The van der Waals surface area contributed by atoms with Crippen LogP contribution in [0.1, 0.15) is 33.1 Å². The highest BCUT2D eigenvalue weighted by Gasteiger charge is 2.10. The van der Waals surface area contributed by atoms with E-state index in [-0.39, 0.29) is 24.9 Å². The first-order valence-electron chi connectivity index (χ1n) is 4.03. The number of carboxylic acid groups (broad SMARTS) is 1. The van der Waals surface area contributed by atoms with Crippen LogP contribution in [0.3, 0.4) is 0 Å². The van der Waals surface area contributed by atoms with Crippen molar-refractivity contribution in [1.82, 2.24) is 0 Å². The molecule has 0 aliphatic heterocycles. The van der Waals surface area contributed by atoms with Crippen molar-refractivity contribution in [2.45, 2.75) is 39.2 Å². The molecule has 0 amide bonds. The molecule has 0 bridgehead atoms. The van der Waals surface area contributed by atoms with Crippen LogP contribution in [0.15, 0.2) is 0 Å². The zero-order chi connectivity index (χ0) is 8.85. The number of carboxylic acids is 1. The number of hydrogen-bond acceptors (Lipinski definition) is 2. The molecule has 0 aromatic heterocycles. The summed E-state index contributed by atoms with van der Waals surface area (Å²) in [5.74, 6) is -0.273. The van der Waals surface area contributed by atoms with E-state index in [0.717, 1.165) is 12.8 Å². The second-order valence-electron chi connectivity index (χ2n) is 3.11. The molecule has 3 nitrogen and oxygen atoms in total. The first-order chi connectivity index (χ1) is 5.06. The molecule has 0 heterocycles. The largest absolute Gasteiger partial charge is 0.481 e. The molecular formula is C8H18ClNO2. The summed E-state index contributed by atoms with van der Waals surface area (Å²) in [4.78, 5) is 10.2. The van der Waals surface area contributed by atoms with Crippen molar-refractivity contribution < 1.29 is 9.90 Å². The van der Waals surface area contributed by atoms with Crippen molar-refractivity contribution >= 4 is 18.4 Å². The molecule has 0 aromatic rings. The summed E-state index contributed by atoms with van der Waals surface area (Å²) in [5, 5.41) is 8.39. The molecule has 0 radical (unpaired) electrons. The third kappa shape index (κ3) is 7.82. The standard InChI is InChI=1S/C8H17NO2.ClH/c1-3-6(2)4-7(9)5-8(10)11;/h6-7H,3-5,9H2,1-2H3,(H,10,11);1H/t6-,7+;/m1./s1. The van der Waals surface area contributed by atoms with Gasteiger partial charge in [0.2, 0.25) is 0 Å². The lowest BCUT2D eigenvalue weighted by Crippen LogP contribution is -2.25. The van der Waals surface area contributed by atoms with E-state index in [9.17, 15) is 4.79 Å². The van der Waals surface area contributed by atoms with E-state index in [1.165, 1.54) is 0 Å². The first kappa shape index (κ1) is 14.3. The summed E-state index contributed by atoms with van der Waals surface area (Å²) in [5.41, 5.74) is 5.57. The minimum Gasteiger partial charge on any atom is -0.481 e. The van der Waals surface area contributed by atoms with Gasteiger partial charge < -0.3 is 10.8 Å². The number of nitrogens with two attached hydrogens (primary N) is 1. The highest BCUT2D eigenvalue weighted by Crippen LogP contribution is 2.09. The Kier molecular flexibility index (Phi) is 8.76. The second kappa shape index (κ2) is 7.37. The van der Waals surface area contributed by atoms with Gasteiger partial charge in [-0.05, 0) is 12.3 Å². The molecule has 0 saturated carbocycles. The van der Waals surface area contributed by atoms with Gasteiger partial charge in [-0.25, -0.2) is 0 Å². The fraction of sp³-hybridized carbons (Fsp3) is 0.875. The fourth-order valence-corrected chi connectivity index (χ4v) is 0.991. The van der Waals surface area contributed by atoms with E-state index in [2.05, 4.69) is 13.8 Å². The van der Waals surface area contributed by atoms with Crippen molar-refractivity contribution in [2.75, 3.05) is 0 Å². The minimum atomic E-state index is -0.805. The van der Waals surface area contributed by atoms with Crippen LogP contribution < -0.4 is 5.73 Å². The van der Waals surface area contributed by atoms with Crippen molar-refractivity contribution in [2.24, 2.45) is 11.7 Å². The van der Waals surface area contributed by atoms with E-state index >= 15 is 0 Å². The maximum Gasteiger partial charge on any atom is 0.304 e. The van der Waals surface area contributed by atoms with Gasteiger partial charge in [0.25, 0.3) is 0 Å². The van der Waals surface area contributed by atoms with E-state index in [1.54, 1.807) is 0 Å². The average Bonchev–Trinajstić information content (AvgIpc) is 1.85. The summed E-state index contributed by atoms with van der Waals surface area (Å²) in [6.45, 7) is 4.17. The van der Waals surface area contributed by atoms with Gasteiger partial charge in [0, 0.05) is 6.04 Å². The molecule has 0 unspecified atom stereocenters. The topological polar surface area (TPSA) is 63.3 Å². The summed E-state index contributed by atoms with van der Waals surface area (Å²) >= 11 is 0. The quantitative estimate of drug-likeness (QED) is 0.701. The highest BCUT2D eigenvalue weighted by molar-refractivity contribution is 5.85. The van der Waals surface area contributed by atoms with E-state index < -0.39 is 5.97 Å². The molecule has 0 aromatic carbocycles. The van der Waals surface area contributed by atoms with Gasteiger partial charge in [-0.1, -0.05) is 20.3 Å². The van der Waals surface area contributed by atoms with Gasteiger partial charge in [0.15, 0.2) is 0 Å². The molecule has 2 atom stereocenters. The summed E-state index contributed by atoms with van der Waals surface area (Å²) in [6.07, 6.45) is 1.96. The average molecular weight is 196 g/mol. The molecule has 3 N–H and O–H groups in total. The third-order valence-electron chi connectivity index (χ3n) is 1.84. The zero-order valence-corrected chi connectivity index (χ0v) is 8.43. The Bertz CT molecular complexity index is 130. The number of carbonyl (C=O) groups is 1. The zero-order valence-electron chi connectivity index (χ0n) is 7.62. The van der Waals surface area contributed by atoms with Crippen molar-refractivity contribution in [3.8, 4) is 0 Å². The Morgan fingerprint density at radius 1 is 1.58 bits per heavy atom. The van der Waals surface area contributed by atoms with Gasteiger partial charge in [-0.15, -0.1) is 12.4 Å². The normalized spacial score (nSPS) is 14.6. The van der Waals surface area contributed by atoms with Crippen LogP contribution in [0.25, 0.3) is 0 Å².